The van der Waals surface area contributed by atoms with Crippen LogP contribution in [-0.2, 0) is 13.0 Å². The number of aryl methyl sites for hydroxylation is 2. The lowest BCUT2D eigenvalue weighted by Crippen LogP contribution is -2.28. The van der Waals surface area contributed by atoms with E-state index in [9.17, 15) is 9.59 Å². The number of H-pyrrole nitrogens is 1. The summed E-state index contributed by atoms with van der Waals surface area (Å²) >= 11 is 0. The molecule has 0 spiro atoms. The molecule has 0 bridgehead atoms. The molecule has 0 radical (unpaired) electrons. The summed E-state index contributed by atoms with van der Waals surface area (Å²) in [6.07, 6.45) is 8.33. The first kappa shape index (κ1) is 22.4. The summed E-state index contributed by atoms with van der Waals surface area (Å²) in [5, 5.41) is 8.22. The number of carbonyl (C=O) groups is 1. The predicted molar refractivity (Wildman–Crippen MR) is 128 cm³/mol. The van der Waals surface area contributed by atoms with Gasteiger partial charge in [0.05, 0.1) is 17.3 Å². The van der Waals surface area contributed by atoms with Gasteiger partial charge in [-0.1, -0.05) is 13.3 Å². The number of nitrogens with one attached hydrogen (secondary N) is 2. The number of hydrogen-bond acceptors (Lipinski definition) is 5. The predicted octanol–water partition coefficient (Wildman–Crippen LogP) is 3.95. The van der Waals surface area contributed by atoms with Gasteiger partial charge in [0, 0.05) is 47.2 Å². The van der Waals surface area contributed by atoms with E-state index >= 15 is 0 Å². The average molecular weight is 445 g/mol. The van der Waals surface area contributed by atoms with Gasteiger partial charge in [-0.15, -0.1) is 0 Å². The Labute approximate surface area is 192 Å². The second-order valence-electron chi connectivity index (χ2n) is 8.48. The van der Waals surface area contributed by atoms with Crippen molar-refractivity contribution in [2.45, 2.75) is 53.1 Å². The Morgan fingerprint density at radius 1 is 1.12 bits per heavy atom. The van der Waals surface area contributed by atoms with Crippen molar-refractivity contribution in [1.82, 2.24) is 30.0 Å². The van der Waals surface area contributed by atoms with Gasteiger partial charge in [-0.05, 0) is 56.5 Å². The fourth-order valence-corrected chi connectivity index (χ4v) is 4.09. The van der Waals surface area contributed by atoms with Gasteiger partial charge in [0.15, 0.2) is 0 Å². The molecule has 3 heterocycles. The number of rotatable bonds is 7. The number of amides is 1. The summed E-state index contributed by atoms with van der Waals surface area (Å²) in [5.41, 5.74) is 5.21. The zero-order valence-corrected chi connectivity index (χ0v) is 19.3. The number of hydrogen-bond donors (Lipinski definition) is 2. The van der Waals surface area contributed by atoms with E-state index in [2.05, 4.69) is 32.3 Å². The van der Waals surface area contributed by atoms with Crippen LogP contribution in [0.3, 0.4) is 0 Å². The van der Waals surface area contributed by atoms with Gasteiger partial charge in [0.25, 0.3) is 11.5 Å². The first-order chi connectivity index (χ1) is 15.9. The number of benzene rings is 1. The molecule has 0 atom stereocenters. The van der Waals surface area contributed by atoms with Crippen molar-refractivity contribution < 1.29 is 4.79 Å². The minimum atomic E-state index is -0.260. The lowest BCUT2D eigenvalue weighted by Gasteiger charge is -2.13. The smallest absolute Gasteiger partial charge is 0.253 e. The van der Waals surface area contributed by atoms with E-state index in [1.54, 1.807) is 18.6 Å². The molecular formula is C25H28N6O2. The van der Waals surface area contributed by atoms with E-state index in [0.29, 0.717) is 11.1 Å². The Morgan fingerprint density at radius 2 is 1.88 bits per heavy atom. The lowest BCUT2D eigenvalue weighted by molar-refractivity contribution is 0.0952. The fourth-order valence-electron chi connectivity index (χ4n) is 4.09. The van der Waals surface area contributed by atoms with Crippen LogP contribution in [0, 0.1) is 6.92 Å². The lowest BCUT2D eigenvalue weighted by atomic mass is 10.0. The highest BCUT2D eigenvalue weighted by atomic mass is 16.1. The molecule has 0 saturated carbocycles. The largest absolute Gasteiger partial charge is 0.348 e. The summed E-state index contributed by atoms with van der Waals surface area (Å²) < 4.78 is 1.89. The highest BCUT2D eigenvalue weighted by molar-refractivity contribution is 6.08. The summed E-state index contributed by atoms with van der Waals surface area (Å²) in [5.74, 6) is -0.260. The van der Waals surface area contributed by atoms with Gasteiger partial charge in [0.1, 0.15) is 6.33 Å². The van der Waals surface area contributed by atoms with Gasteiger partial charge in [0.2, 0.25) is 0 Å². The van der Waals surface area contributed by atoms with Crippen molar-refractivity contribution in [3.63, 3.8) is 0 Å². The van der Waals surface area contributed by atoms with Crippen LogP contribution in [-0.4, -0.2) is 30.6 Å². The molecule has 1 amide bonds. The minimum absolute atomic E-state index is 0.128. The molecule has 0 fully saturated rings. The Hall–Kier alpha value is -3.81. The van der Waals surface area contributed by atoms with Crippen molar-refractivity contribution in [3.05, 3.63) is 75.9 Å². The normalized spacial score (nSPS) is 11.3. The Morgan fingerprint density at radius 3 is 2.58 bits per heavy atom. The molecule has 170 valence electrons. The third-order valence-electron chi connectivity index (χ3n) is 5.65. The van der Waals surface area contributed by atoms with E-state index in [4.69, 9.17) is 0 Å². The number of aromatic nitrogens is 5. The maximum absolute atomic E-state index is 13.4. The zero-order valence-electron chi connectivity index (χ0n) is 19.3. The van der Waals surface area contributed by atoms with Gasteiger partial charge in [-0.25, -0.2) is 9.97 Å². The maximum atomic E-state index is 13.4. The van der Waals surface area contributed by atoms with Crippen molar-refractivity contribution >= 4 is 16.8 Å². The van der Waals surface area contributed by atoms with Crippen LogP contribution in [0.1, 0.15) is 60.4 Å². The SMILES string of the molecule is CCCc1cc(C)[nH]c(=O)c1CNC(=O)c1cc(-c2cncnc2)cc2c1cnn2C(C)C. The number of carbonyl (C=O) groups excluding carboxylic acids is 1. The van der Waals surface area contributed by atoms with Crippen molar-refractivity contribution in [2.75, 3.05) is 0 Å². The molecule has 4 aromatic rings. The highest BCUT2D eigenvalue weighted by Crippen LogP contribution is 2.29. The minimum Gasteiger partial charge on any atom is -0.348 e. The van der Waals surface area contributed by atoms with Gasteiger partial charge < -0.3 is 10.3 Å². The summed E-state index contributed by atoms with van der Waals surface area (Å²) in [6, 6.07) is 5.94. The molecule has 0 aliphatic rings. The maximum Gasteiger partial charge on any atom is 0.253 e. The Bertz CT molecular complexity index is 1350. The molecule has 0 aliphatic carbocycles. The third kappa shape index (κ3) is 4.55. The molecule has 0 unspecified atom stereocenters. The number of aromatic amines is 1. The molecule has 1 aromatic carbocycles. The van der Waals surface area contributed by atoms with Crippen molar-refractivity contribution in [2.24, 2.45) is 0 Å². The molecule has 0 aliphatic heterocycles. The van der Waals surface area contributed by atoms with E-state index in [1.807, 2.05) is 43.7 Å². The zero-order chi connectivity index (χ0) is 23.5. The van der Waals surface area contributed by atoms with Crippen LogP contribution < -0.4 is 10.9 Å². The number of nitrogens with zero attached hydrogens (tertiary/aromatic N) is 4. The van der Waals surface area contributed by atoms with Crippen LogP contribution in [0.25, 0.3) is 22.0 Å². The van der Waals surface area contributed by atoms with Crippen LogP contribution in [0.4, 0.5) is 0 Å². The van der Waals surface area contributed by atoms with Crippen LogP contribution in [0.2, 0.25) is 0 Å². The van der Waals surface area contributed by atoms with E-state index < -0.39 is 0 Å². The summed E-state index contributed by atoms with van der Waals surface area (Å²) in [4.78, 5) is 37.0. The molecular weight excluding hydrogens is 416 g/mol. The molecule has 8 nitrogen and oxygen atoms in total. The highest BCUT2D eigenvalue weighted by Gasteiger charge is 2.18. The molecule has 33 heavy (non-hydrogen) atoms. The summed E-state index contributed by atoms with van der Waals surface area (Å²) in [7, 11) is 0. The molecule has 8 heteroatoms. The van der Waals surface area contributed by atoms with Crippen LogP contribution in [0.15, 0.2) is 47.9 Å². The molecule has 0 saturated heterocycles. The van der Waals surface area contributed by atoms with E-state index in [1.165, 1.54) is 6.33 Å². The topological polar surface area (TPSA) is 106 Å². The van der Waals surface area contributed by atoms with E-state index in [0.717, 1.165) is 46.1 Å². The second kappa shape index (κ2) is 9.36. The quantitative estimate of drug-likeness (QED) is 0.449. The molecule has 3 aromatic heterocycles. The van der Waals surface area contributed by atoms with Crippen molar-refractivity contribution in [3.8, 4) is 11.1 Å². The first-order valence-corrected chi connectivity index (χ1v) is 11.2. The fraction of sp³-hybridized carbons (Fsp3) is 0.320. The molecule has 2 N–H and O–H groups in total. The second-order valence-corrected chi connectivity index (χ2v) is 8.48. The monoisotopic (exact) mass is 444 g/mol. The number of fused-ring (bicyclic) bond motifs is 1. The van der Waals surface area contributed by atoms with Crippen LogP contribution in [0.5, 0.6) is 0 Å². The Kier molecular flexibility index (Phi) is 6.35. The number of pyridine rings is 1. The summed E-state index contributed by atoms with van der Waals surface area (Å²) in [6.45, 7) is 8.18. The van der Waals surface area contributed by atoms with E-state index in [-0.39, 0.29) is 24.1 Å². The van der Waals surface area contributed by atoms with Crippen molar-refractivity contribution in [1.29, 1.82) is 0 Å². The van der Waals surface area contributed by atoms with Gasteiger partial charge in [-0.3, -0.25) is 14.3 Å². The Balaban J connectivity index is 1.74. The van der Waals surface area contributed by atoms with Gasteiger partial charge >= 0.3 is 0 Å². The standard InChI is InChI=1S/C25H28N6O2/c1-5-6-17-7-16(4)30-25(33)21(17)12-28-24(32)20-8-18(19-10-26-14-27-11-19)9-23-22(20)13-29-31(23)15(2)3/h7-11,13-15H,5-6,12H2,1-4H3,(H,28,32)(H,30,33). The third-order valence-corrected chi connectivity index (χ3v) is 5.65. The molecule has 4 rings (SSSR count). The first-order valence-electron chi connectivity index (χ1n) is 11.2. The average Bonchev–Trinajstić information content (AvgIpc) is 3.23. The van der Waals surface area contributed by atoms with Crippen LogP contribution >= 0.6 is 0 Å². The van der Waals surface area contributed by atoms with Gasteiger partial charge in [-0.2, -0.15) is 5.10 Å².